The Hall–Kier alpha value is -6.03. The number of carbonyl (C=O) groups excluding carboxylic acids is 1. The predicted octanol–water partition coefficient (Wildman–Crippen LogP) is 8.08. The molecule has 0 saturated carbocycles. The molecule has 0 aromatic heterocycles. The van der Waals surface area contributed by atoms with Crippen LogP contribution in [-0.4, -0.2) is 20.6 Å². The number of hydrogen-bond donors (Lipinski definition) is 0. The van der Waals surface area contributed by atoms with E-state index in [0.717, 1.165) is 24.3 Å². The van der Waals surface area contributed by atoms with Crippen molar-refractivity contribution in [2.45, 2.75) is 6.92 Å². The van der Waals surface area contributed by atoms with E-state index in [2.05, 4.69) is 73.7 Å². The molecule has 0 heterocycles. The average Bonchev–Trinajstić information content (AvgIpc) is 3.27. The van der Waals surface area contributed by atoms with Crippen molar-refractivity contribution in [1.82, 2.24) is 0 Å². The van der Waals surface area contributed by atoms with Gasteiger partial charge in [-0.2, -0.15) is 0 Å². The molecule has 42 heavy (non-hydrogen) atoms. The fourth-order valence-corrected chi connectivity index (χ4v) is 5.54. The lowest BCUT2D eigenvalue weighted by Crippen LogP contribution is -2.00. The average molecular weight is 558 g/mol. The highest BCUT2D eigenvalue weighted by molar-refractivity contribution is 6.24. The Morgan fingerprint density at radius 1 is 0.548 bits per heavy atom. The minimum atomic E-state index is -0.841. The van der Waals surface area contributed by atoms with Crippen molar-refractivity contribution >= 4 is 55.2 Å². The van der Waals surface area contributed by atoms with Crippen LogP contribution in [-0.2, 0) is 0 Å². The first kappa shape index (κ1) is 26.2. The molecule has 10 heteroatoms. The molecule has 0 radical (unpaired) electrons. The van der Waals surface area contributed by atoms with Crippen LogP contribution in [0.5, 0.6) is 0 Å². The van der Waals surface area contributed by atoms with Crippen molar-refractivity contribution < 1.29 is 19.6 Å². The summed E-state index contributed by atoms with van der Waals surface area (Å²) < 4.78 is 0. The lowest BCUT2D eigenvalue weighted by Gasteiger charge is -2.09. The smallest absolute Gasteiger partial charge is 0.284 e. The first-order chi connectivity index (χ1) is 20.2. The molecule has 1 aliphatic rings. The summed E-state index contributed by atoms with van der Waals surface area (Å²) in [5, 5.41) is 40.9. The Labute approximate surface area is 236 Å². The molecule has 0 saturated heterocycles. The van der Waals surface area contributed by atoms with E-state index in [1.165, 1.54) is 43.9 Å². The summed E-state index contributed by atoms with van der Waals surface area (Å²) in [6, 6.07) is 29.2. The van der Waals surface area contributed by atoms with Crippen LogP contribution in [0, 0.1) is 37.3 Å². The van der Waals surface area contributed by atoms with Crippen molar-refractivity contribution in [3.05, 3.63) is 144 Å². The van der Waals surface area contributed by atoms with E-state index in [1.807, 2.05) is 0 Å². The molecule has 1 aliphatic carbocycles. The summed E-state index contributed by atoms with van der Waals surface area (Å²) in [5.41, 5.74) is -0.387. The highest BCUT2D eigenvalue weighted by atomic mass is 16.6. The van der Waals surface area contributed by atoms with Gasteiger partial charge in [-0.3, -0.25) is 35.1 Å². The number of aryl methyl sites for hydroxylation is 1. The van der Waals surface area contributed by atoms with E-state index >= 15 is 0 Å². The molecule has 7 rings (SSSR count). The first-order valence-corrected chi connectivity index (χ1v) is 12.8. The van der Waals surface area contributed by atoms with Gasteiger partial charge in [0.2, 0.25) is 0 Å². The van der Waals surface area contributed by atoms with Crippen molar-refractivity contribution in [2.24, 2.45) is 0 Å². The van der Waals surface area contributed by atoms with Gasteiger partial charge in [-0.05, 0) is 50.9 Å². The normalized spacial score (nSPS) is 11.6. The largest absolute Gasteiger partial charge is 0.289 e. The Balaban J connectivity index is 0.000000153. The highest BCUT2D eigenvalue weighted by Gasteiger charge is 2.36. The second-order valence-electron chi connectivity index (χ2n) is 9.84. The number of rotatable bonds is 3. The summed E-state index contributed by atoms with van der Waals surface area (Å²) in [5.74, 6) is -0.717. The van der Waals surface area contributed by atoms with Crippen LogP contribution in [0.2, 0.25) is 0 Å². The number of nitro groups is 3. The number of nitro benzene ring substituents is 3. The summed E-state index contributed by atoms with van der Waals surface area (Å²) in [7, 11) is 0. The Bertz CT molecular complexity index is 2170. The van der Waals surface area contributed by atoms with Gasteiger partial charge >= 0.3 is 0 Å². The Kier molecular flexibility index (Phi) is 6.15. The molecule has 0 N–H and O–H groups in total. The Morgan fingerprint density at radius 2 is 1.21 bits per heavy atom. The van der Waals surface area contributed by atoms with E-state index in [9.17, 15) is 35.1 Å². The van der Waals surface area contributed by atoms with Crippen molar-refractivity contribution in [2.75, 3.05) is 0 Å². The topological polar surface area (TPSA) is 146 Å². The molecule has 0 bridgehead atoms. The van der Waals surface area contributed by atoms with E-state index in [0.29, 0.717) is 0 Å². The number of nitrogens with zero attached hydrogens (tertiary/aromatic N) is 3. The molecule has 0 aliphatic heterocycles. The number of carbonyl (C=O) groups is 1. The maximum atomic E-state index is 12.3. The molecule has 0 spiro atoms. The Morgan fingerprint density at radius 3 is 1.95 bits per heavy atom. The molecule has 204 valence electrons. The van der Waals surface area contributed by atoms with Crippen molar-refractivity contribution in [3.63, 3.8) is 0 Å². The lowest BCUT2D eigenvalue weighted by molar-refractivity contribution is -0.393. The molecule has 0 fully saturated rings. The number of ketones is 1. The van der Waals surface area contributed by atoms with Crippen molar-refractivity contribution in [1.29, 1.82) is 0 Å². The van der Waals surface area contributed by atoms with Crippen LogP contribution < -0.4 is 0 Å². The van der Waals surface area contributed by atoms with Gasteiger partial charge in [0, 0.05) is 34.9 Å². The zero-order valence-corrected chi connectivity index (χ0v) is 21.9. The van der Waals surface area contributed by atoms with Gasteiger partial charge in [0.25, 0.3) is 17.1 Å². The maximum Gasteiger partial charge on any atom is 0.284 e. The summed E-state index contributed by atoms with van der Waals surface area (Å²) in [6.07, 6.45) is 0. The molecule has 6 aromatic carbocycles. The number of benzene rings is 6. The number of non-ortho nitro benzene ring substituents is 2. The minimum absolute atomic E-state index is 0.0597. The SMILES string of the molecule is Cc1cccc2c1ccc1ccc3ccccc3c12.O=C1c2cc([N+](=O)[O-])ccc2-c2c1cc([N+](=O)[O-])cc2[N+](=O)[O-]. The molecule has 0 unspecified atom stereocenters. The van der Waals surface area contributed by atoms with E-state index in [-0.39, 0.29) is 27.9 Å². The number of hydrogen-bond acceptors (Lipinski definition) is 7. The molecular weight excluding hydrogens is 538 g/mol. The quantitative estimate of drug-likeness (QED) is 0.121. The number of fused-ring (bicyclic) bond motifs is 8. The first-order valence-electron chi connectivity index (χ1n) is 12.8. The zero-order chi connectivity index (χ0) is 29.7. The second-order valence-corrected chi connectivity index (χ2v) is 9.84. The maximum absolute atomic E-state index is 12.3. The second kappa shape index (κ2) is 9.86. The van der Waals surface area contributed by atoms with Crippen LogP contribution in [0.3, 0.4) is 0 Å². The van der Waals surface area contributed by atoms with E-state index < -0.39 is 31.9 Å². The predicted molar refractivity (Wildman–Crippen MR) is 159 cm³/mol. The van der Waals surface area contributed by atoms with E-state index in [4.69, 9.17) is 0 Å². The van der Waals surface area contributed by atoms with Crippen LogP contribution in [0.4, 0.5) is 17.1 Å². The van der Waals surface area contributed by atoms with Gasteiger partial charge in [-0.1, -0.05) is 66.7 Å². The molecule has 0 amide bonds. The van der Waals surface area contributed by atoms with Gasteiger partial charge < -0.3 is 0 Å². The zero-order valence-electron chi connectivity index (χ0n) is 21.9. The molecular formula is C32H19N3O7. The monoisotopic (exact) mass is 557 g/mol. The molecule has 6 aromatic rings. The minimum Gasteiger partial charge on any atom is -0.289 e. The lowest BCUT2D eigenvalue weighted by atomic mass is 9.95. The summed E-state index contributed by atoms with van der Waals surface area (Å²) in [4.78, 5) is 42.8. The molecule has 0 atom stereocenters. The van der Waals surface area contributed by atoms with Gasteiger partial charge in [-0.15, -0.1) is 0 Å². The van der Waals surface area contributed by atoms with Crippen LogP contribution in [0.25, 0.3) is 43.4 Å². The van der Waals surface area contributed by atoms with Crippen LogP contribution >= 0.6 is 0 Å². The third kappa shape index (κ3) is 4.18. The van der Waals surface area contributed by atoms with Gasteiger partial charge in [-0.25, -0.2) is 0 Å². The van der Waals surface area contributed by atoms with Gasteiger partial charge in [0.05, 0.1) is 26.4 Å². The van der Waals surface area contributed by atoms with E-state index in [1.54, 1.807) is 0 Å². The van der Waals surface area contributed by atoms with Crippen LogP contribution in [0.15, 0.2) is 97.1 Å². The van der Waals surface area contributed by atoms with Crippen LogP contribution in [0.1, 0.15) is 21.5 Å². The highest BCUT2D eigenvalue weighted by Crippen LogP contribution is 2.45. The summed E-state index contributed by atoms with van der Waals surface area (Å²) >= 11 is 0. The third-order valence-electron chi connectivity index (χ3n) is 7.47. The summed E-state index contributed by atoms with van der Waals surface area (Å²) in [6.45, 7) is 2.18. The van der Waals surface area contributed by atoms with Gasteiger partial charge in [0.1, 0.15) is 0 Å². The fraction of sp³-hybridized carbons (Fsp3) is 0.0312. The third-order valence-corrected chi connectivity index (χ3v) is 7.47. The van der Waals surface area contributed by atoms with Crippen molar-refractivity contribution in [3.8, 4) is 11.1 Å². The standard InChI is InChI=1S/C19H14.C13H5N3O7/c1-13-5-4-8-18-16(13)12-11-15-10-9-14-6-2-3-7-17(14)19(15)18;17-13-9-3-6(14(18)19)1-2-8(9)12-10(13)4-7(15(20)21)5-11(12)16(22)23/h2-12H,1H3;1-5H. The fourth-order valence-electron chi connectivity index (χ4n) is 5.54. The van der Waals surface area contributed by atoms with Gasteiger partial charge in [0.15, 0.2) is 5.78 Å². The molecule has 10 nitrogen and oxygen atoms in total.